The molecule has 0 aliphatic carbocycles. The van der Waals surface area contributed by atoms with Crippen LogP contribution in [0.3, 0.4) is 0 Å². The second-order valence-electron chi connectivity index (χ2n) is 8.35. The first kappa shape index (κ1) is 23.6. The minimum atomic E-state index is -0.441. The summed E-state index contributed by atoms with van der Waals surface area (Å²) in [7, 11) is 0. The molecule has 1 amide bonds. The highest BCUT2D eigenvalue weighted by molar-refractivity contribution is 6.30. The van der Waals surface area contributed by atoms with Crippen molar-refractivity contribution in [3.8, 4) is 11.3 Å². The van der Waals surface area contributed by atoms with Crippen molar-refractivity contribution in [2.45, 2.75) is 25.5 Å². The van der Waals surface area contributed by atoms with E-state index in [4.69, 9.17) is 16.4 Å². The third-order valence-corrected chi connectivity index (χ3v) is 6.00. The molecular formula is C27H21ClFN5O2. The van der Waals surface area contributed by atoms with Gasteiger partial charge < -0.3 is 10.2 Å². The first-order valence-electron chi connectivity index (χ1n) is 11.3. The van der Waals surface area contributed by atoms with E-state index < -0.39 is 5.82 Å². The average molecular weight is 502 g/mol. The highest BCUT2D eigenvalue weighted by atomic mass is 35.5. The molecule has 5 rings (SSSR count). The number of carbonyl (C=O) groups excluding carboxylic acids is 1. The maximum atomic E-state index is 13.5. The summed E-state index contributed by atoms with van der Waals surface area (Å²) in [5.41, 5.74) is 4.42. The zero-order chi connectivity index (χ0) is 25.1. The number of nitrogens with zero attached hydrogens (tertiary/aromatic N) is 4. The number of carbonyl (C=O) groups is 1. The molecule has 0 radical (unpaired) electrons. The van der Waals surface area contributed by atoms with Crippen LogP contribution in [0, 0.1) is 5.82 Å². The lowest BCUT2D eigenvalue weighted by Gasteiger charge is -2.15. The van der Waals surface area contributed by atoms with Crippen LogP contribution in [0.1, 0.15) is 52.8 Å². The fourth-order valence-electron chi connectivity index (χ4n) is 3.89. The van der Waals surface area contributed by atoms with Crippen LogP contribution in [-0.4, -0.2) is 26.6 Å². The third kappa shape index (κ3) is 5.23. The van der Waals surface area contributed by atoms with Crippen molar-refractivity contribution in [2.75, 3.05) is 0 Å². The summed E-state index contributed by atoms with van der Waals surface area (Å²) in [6.07, 6.45) is 4.56. The van der Waals surface area contributed by atoms with E-state index >= 15 is 0 Å². The molecule has 7 nitrogen and oxygen atoms in total. The summed E-state index contributed by atoms with van der Waals surface area (Å²) in [6.45, 7) is 1.84. The van der Waals surface area contributed by atoms with Gasteiger partial charge in [-0.15, -0.1) is 0 Å². The Labute approximate surface area is 212 Å². The zero-order valence-electron chi connectivity index (χ0n) is 19.2. The molecule has 0 saturated heterocycles. The molecule has 4 aromatic rings. The van der Waals surface area contributed by atoms with Gasteiger partial charge in [-0.05, 0) is 61.5 Å². The molecule has 0 fully saturated rings. The van der Waals surface area contributed by atoms with Gasteiger partial charge in [0.25, 0.3) is 5.91 Å². The molecule has 2 atom stereocenters. The lowest BCUT2D eigenvalue weighted by atomic mass is 9.96. The summed E-state index contributed by atoms with van der Waals surface area (Å²) in [5.74, 6) is -0.741. The molecule has 0 saturated carbocycles. The van der Waals surface area contributed by atoms with E-state index in [1.54, 1.807) is 36.5 Å². The van der Waals surface area contributed by atoms with Crippen LogP contribution in [-0.2, 0) is 4.84 Å². The van der Waals surface area contributed by atoms with Crippen LogP contribution in [0.15, 0.2) is 84.4 Å². The van der Waals surface area contributed by atoms with Gasteiger partial charge >= 0.3 is 0 Å². The highest BCUT2D eigenvalue weighted by Crippen LogP contribution is 2.30. The Morgan fingerprint density at radius 3 is 2.64 bits per heavy atom. The quantitative estimate of drug-likeness (QED) is 0.366. The molecule has 4 heterocycles. The number of nitrogens with one attached hydrogen (secondary N) is 1. The van der Waals surface area contributed by atoms with Crippen LogP contribution in [0.5, 0.6) is 0 Å². The van der Waals surface area contributed by atoms with Gasteiger partial charge in [0, 0.05) is 35.5 Å². The van der Waals surface area contributed by atoms with Crippen molar-refractivity contribution in [3.63, 3.8) is 0 Å². The Hall–Kier alpha value is -4.17. The number of rotatable bonds is 6. The lowest BCUT2D eigenvalue weighted by molar-refractivity contribution is 0.0826. The van der Waals surface area contributed by atoms with Crippen molar-refractivity contribution in [1.29, 1.82) is 0 Å². The van der Waals surface area contributed by atoms with E-state index in [9.17, 15) is 9.18 Å². The summed E-state index contributed by atoms with van der Waals surface area (Å²) >= 11 is 5.93. The average Bonchev–Trinajstić information content (AvgIpc) is 3.40. The number of halogens is 2. The summed E-state index contributed by atoms with van der Waals surface area (Å²) in [5, 5.41) is 7.76. The Morgan fingerprint density at radius 1 is 1.06 bits per heavy atom. The van der Waals surface area contributed by atoms with Gasteiger partial charge in [-0.1, -0.05) is 22.8 Å². The number of pyridine rings is 3. The van der Waals surface area contributed by atoms with Gasteiger partial charge in [-0.2, -0.15) is 0 Å². The Balaban J connectivity index is 1.45. The molecule has 0 unspecified atom stereocenters. The van der Waals surface area contributed by atoms with Crippen LogP contribution >= 0.6 is 11.6 Å². The largest absolute Gasteiger partial charge is 0.385 e. The monoisotopic (exact) mass is 501 g/mol. The second kappa shape index (κ2) is 10.2. The van der Waals surface area contributed by atoms with Crippen molar-refractivity contribution in [2.24, 2.45) is 5.16 Å². The smallest absolute Gasteiger partial charge is 0.251 e. The van der Waals surface area contributed by atoms with Gasteiger partial charge in [0.15, 0.2) is 6.10 Å². The van der Waals surface area contributed by atoms with Crippen molar-refractivity contribution >= 4 is 23.2 Å². The van der Waals surface area contributed by atoms with E-state index in [1.165, 1.54) is 12.3 Å². The van der Waals surface area contributed by atoms with Crippen LogP contribution in [0.25, 0.3) is 11.3 Å². The lowest BCUT2D eigenvalue weighted by Crippen LogP contribution is -2.27. The third-order valence-electron chi connectivity index (χ3n) is 5.78. The molecule has 1 aromatic carbocycles. The van der Waals surface area contributed by atoms with E-state index in [0.29, 0.717) is 45.2 Å². The number of oxime groups is 1. The number of hydrogen-bond acceptors (Lipinski definition) is 6. The van der Waals surface area contributed by atoms with Crippen molar-refractivity contribution in [1.82, 2.24) is 20.3 Å². The Bertz CT molecular complexity index is 1410. The van der Waals surface area contributed by atoms with E-state index in [2.05, 4.69) is 25.4 Å². The van der Waals surface area contributed by atoms with Crippen LogP contribution in [0.4, 0.5) is 4.39 Å². The van der Waals surface area contributed by atoms with Gasteiger partial charge in [0.2, 0.25) is 0 Å². The summed E-state index contributed by atoms with van der Waals surface area (Å²) in [4.78, 5) is 31.7. The Morgan fingerprint density at radius 2 is 1.92 bits per heavy atom. The Kier molecular flexibility index (Phi) is 6.69. The van der Waals surface area contributed by atoms with E-state index in [0.717, 1.165) is 11.9 Å². The topological polar surface area (TPSA) is 89.4 Å². The first-order chi connectivity index (χ1) is 17.5. The number of aromatic nitrogens is 3. The molecule has 1 aliphatic heterocycles. The maximum Gasteiger partial charge on any atom is 0.251 e. The number of benzene rings is 1. The SMILES string of the molecule is C[C@@H](NC(=O)c1cc(C2=NO[C@H](c3ccccn3)C2)cc(-c2ccc(F)cn2)c1)c1ccc(Cl)cn1. The van der Waals surface area contributed by atoms with Gasteiger partial charge in [-0.25, -0.2) is 4.39 Å². The summed E-state index contributed by atoms with van der Waals surface area (Å²) in [6, 6.07) is 17.0. The first-order valence-corrected chi connectivity index (χ1v) is 11.7. The predicted octanol–water partition coefficient (Wildman–Crippen LogP) is 5.69. The minimum absolute atomic E-state index is 0.301. The predicted molar refractivity (Wildman–Crippen MR) is 134 cm³/mol. The molecule has 36 heavy (non-hydrogen) atoms. The molecule has 9 heteroatoms. The van der Waals surface area contributed by atoms with E-state index in [-0.39, 0.29) is 18.1 Å². The fourth-order valence-corrected chi connectivity index (χ4v) is 4.00. The van der Waals surface area contributed by atoms with Crippen LogP contribution in [0.2, 0.25) is 5.02 Å². The van der Waals surface area contributed by atoms with Gasteiger partial charge in [0.05, 0.1) is 40.1 Å². The van der Waals surface area contributed by atoms with Gasteiger partial charge in [0.1, 0.15) is 5.82 Å². The molecule has 1 N–H and O–H groups in total. The zero-order valence-corrected chi connectivity index (χ0v) is 20.0. The van der Waals surface area contributed by atoms with E-state index in [1.807, 2.05) is 31.2 Å². The van der Waals surface area contributed by atoms with Crippen LogP contribution < -0.4 is 5.32 Å². The molecule has 0 bridgehead atoms. The summed E-state index contributed by atoms with van der Waals surface area (Å²) < 4.78 is 13.5. The molecule has 180 valence electrons. The normalized spacial score (nSPS) is 15.6. The van der Waals surface area contributed by atoms with Crippen molar-refractivity contribution in [3.05, 3.63) is 113 Å². The second-order valence-corrected chi connectivity index (χ2v) is 8.78. The van der Waals surface area contributed by atoms with Gasteiger partial charge in [-0.3, -0.25) is 19.7 Å². The standard InChI is InChI=1S/C27H21ClFN5O2/c1-16(22-7-5-20(28)14-31-22)33-27(35)19-11-17(23-8-6-21(29)15-32-23)10-18(12-19)25-13-26(36-34-25)24-4-2-3-9-30-24/h2-12,14-16,26H,13H2,1H3,(H,33,35)/t16-,26+/m1/s1. The minimum Gasteiger partial charge on any atom is -0.385 e. The number of hydrogen-bond donors (Lipinski definition) is 1. The molecule has 0 spiro atoms. The fraction of sp³-hybridized carbons (Fsp3) is 0.148. The molecule has 1 aliphatic rings. The molecular weight excluding hydrogens is 481 g/mol. The molecule has 3 aromatic heterocycles. The van der Waals surface area contributed by atoms with Crippen molar-refractivity contribution < 1.29 is 14.0 Å². The highest BCUT2D eigenvalue weighted by Gasteiger charge is 2.26. The maximum absolute atomic E-state index is 13.5. The number of amides is 1.